The Hall–Kier alpha value is -2.04. The molecule has 7 nitrogen and oxygen atoms in total. The standard InChI is InChI=1S/C18H24N4O3S3/c1-2-3-4-5-6-7-16(23)21-17(26)20-14-8-10-15(11-9-14)28(24,25)22-18-19-12-13-27-18/h8-13H,2-7H2,1H3,(H,19,22)(H2,20,21,23,26). The lowest BCUT2D eigenvalue weighted by atomic mass is 10.1. The molecule has 152 valence electrons. The summed E-state index contributed by atoms with van der Waals surface area (Å²) >= 11 is 6.34. The minimum atomic E-state index is -3.70. The number of thiocarbonyl (C=S) groups is 1. The third kappa shape index (κ3) is 7.53. The molecule has 2 rings (SSSR count). The van der Waals surface area contributed by atoms with Gasteiger partial charge in [-0.1, -0.05) is 32.6 Å². The summed E-state index contributed by atoms with van der Waals surface area (Å²) in [6.45, 7) is 2.15. The summed E-state index contributed by atoms with van der Waals surface area (Å²) in [7, 11) is -3.70. The van der Waals surface area contributed by atoms with Crippen LogP contribution in [0.25, 0.3) is 0 Å². The fraction of sp³-hybridized carbons (Fsp3) is 0.389. The molecular weight excluding hydrogens is 416 g/mol. The Morgan fingerprint density at radius 3 is 2.50 bits per heavy atom. The van der Waals surface area contributed by atoms with Crippen LogP contribution in [0.3, 0.4) is 0 Å². The molecule has 10 heteroatoms. The zero-order chi connectivity index (χ0) is 20.4. The normalized spacial score (nSPS) is 11.0. The van der Waals surface area contributed by atoms with Gasteiger partial charge in [0.2, 0.25) is 5.91 Å². The second-order valence-electron chi connectivity index (χ2n) is 6.13. The van der Waals surface area contributed by atoms with E-state index in [0.29, 0.717) is 17.2 Å². The minimum absolute atomic E-state index is 0.107. The highest BCUT2D eigenvalue weighted by molar-refractivity contribution is 7.93. The first kappa shape index (κ1) is 22.3. The van der Waals surface area contributed by atoms with E-state index < -0.39 is 10.0 Å². The molecule has 0 spiro atoms. The number of rotatable bonds is 10. The zero-order valence-corrected chi connectivity index (χ0v) is 18.1. The number of hydrogen-bond donors (Lipinski definition) is 3. The number of hydrogen-bond acceptors (Lipinski definition) is 6. The van der Waals surface area contributed by atoms with Gasteiger partial charge in [0, 0.05) is 23.7 Å². The highest BCUT2D eigenvalue weighted by Gasteiger charge is 2.15. The number of amides is 1. The number of benzene rings is 1. The van der Waals surface area contributed by atoms with Gasteiger partial charge in [-0.3, -0.25) is 9.52 Å². The lowest BCUT2D eigenvalue weighted by Crippen LogP contribution is -2.33. The van der Waals surface area contributed by atoms with Gasteiger partial charge in [-0.2, -0.15) is 0 Å². The molecule has 0 saturated carbocycles. The van der Waals surface area contributed by atoms with Gasteiger partial charge in [0.05, 0.1) is 4.90 Å². The third-order valence-corrected chi connectivity index (χ3v) is 6.21. The van der Waals surface area contributed by atoms with Crippen LogP contribution < -0.4 is 15.4 Å². The van der Waals surface area contributed by atoms with Gasteiger partial charge in [-0.15, -0.1) is 11.3 Å². The lowest BCUT2D eigenvalue weighted by molar-refractivity contribution is -0.119. The summed E-state index contributed by atoms with van der Waals surface area (Å²) in [6.07, 6.45) is 7.33. The van der Waals surface area contributed by atoms with E-state index in [9.17, 15) is 13.2 Å². The Morgan fingerprint density at radius 1 is 1.14 bits per heavy atom. The summed E-state index contributed by atoms with van der Waals surface area (Å²) in [5.74, 6) is -0.124. The molecule has 2 aromatic rings. The maximum absolute atomic E-state index is 12.3. The number of anilines is 2. The van der Waals surface area contributed by atoms with Crippen LogP contribution >= 0.6 is 23.6 Å². The van der Waals surface area contributed by atoms with Crippen molar-refractivity contribution in [2.75, 3.05) is 10.0 Å². The van der Waals surface area contributed by atoms with Gasteiger partial charge < -0.3 is 10.6 Å². The van der Waals surface area contributed by atoms with Crippen molar-refractivity contribution in [3.63, 3.8) is 0 Å². The van der Waals surface area contributed by atoms with Gasteiger partial charge >= 0.3 is 0 Å². The molecule has 1 heterocycles. The Balaban J connectivity index is 1.81. The molecule has 0 fully saturated rings. The van der Waals surface area contributed by atoms with Gasteiger partial charge in [0.1, 0.15) is 0 Å². The number of carbonyl (C=O) groups is 1. The van der Waals surface area contributed by atoms with Crippen LogP contribution in [0.4, 0.5) is 10.8 Å². The quantitative estimate of drug-likeness (QED) is 0.380. The fourth-order valence-electron chi connectivity index (χ4n) is 2.41. The van der Waals surface area contributed by atoms with Crippen LogP contribution in [0, 0.1) is 0 Å². The molecule has 0 bridgehead atoms. The molecule has 0 atom stereocenters. The van der Waals surface area contributed by atoms with E-state index in [1.54, 1.807) is 17.5 Å². The van der Waals surface area contributed by atoms with E-state index in [2.05, 4.69) is 27.3 Å². The maximum Gasteiger partial charge on any atom is 0.263 e. The first-order chi connectivity index (χ1) is 13.4. The Morgan fingerprint density at radius 2 is 1.86 bits per heavy atom. The largest absolute Gasteiger partial charge is 0.332 e. The summed E-state index contributed by atoms with van der Waals surface area (Å²) in [4.78, 5) is 15.9. The van der Waals surface area contributed by atoms with Crippen LogP contribution in [-0.4, -0.2) is 24.4 Å². The molecule has 1 aromatic carbocycles. The summed E-state index contributed by atoms with van der Waals surface area (Å²) in [6, 6.07) is 6.08. The molecule has 0 aliphatic carbocycles. The number of thiazole rings is 1. The summed E-state index contributed by atoms with van der Waals surface area (Å²) in [5, 5.41) is 7.70. The van der Waals surface area contributed by atoms with E-state index in [1.807, 2.05) is 0 Å². The highest BCUT2D eigenvalue weighted by Crippen LogP contribution is 2.19. The van der Waals surface area contributed by atoms with Crippen molar-refractivity contribution in [1.82, 2.24) is 10.3 Å². The van der Waals surface area contributed by atoms with Crippen molar-refractivity contribution in [3.05, 3.63) is 35.8 Å². The second kappa shape index (κ2) is 11.1. The summed E-state index contributed by atoms with van der Waals surface area (Å²) < 4.78 is 27.0. The van der Waals surface area contributed by atoms with Crippen molar-refractivity contribution in [3.8, 4) is 0 Å². The van der Waals surface area contributed by atoms with Crippen LogP contribution in [0.1, 0.15) is 45.4 Å². The van der Waals surface area contributed by atoms with Gasteiger partial charge in [0.25, 0.3) is 10.0 Å². The molecule has 0 unspecified atom stereocenters. The van der Waals surface area contributed by atoms with Gasteiger partial charge in [0.15, 0.2) is 10.2 Å². The van der Waals surface area contributed by atoms with Crippen LogP contribution in [0.2, 0.25) is 0 Å². The van der Waals surface area contributed by atoms with Crippen LogP contribution in [0.5, 0.6) is 0 Å². The van der Waals surface area contributed by atoms with Crippen LogP contribution in [-0.2, 0) is 14.8 Å². The number of unbranched alkanes of at least 4 members (excludes halogenated alkanes) is 4. The van der Waals surface area contributed by atoms with Crippen molar-refractivity contribution in [2.45, 2.75) is 50.3 Å². The van der Waals surface area contributed by atoms with Crippen LogP contribution in [0.15, 0.2) is 40.7 Å². The minimum Gasteiger partial charge on any atom is -0.332 e. The van der Waals surface area contributed by atoms with E-state index in [4.69, 9.17) is 12.2 Å². The van der Waals surface area contributed by atoms with Crippen molar-refractivity contribution >= 4 is 55.4 Å². The smallest absolute Gasteiger partial charge is 0.263 e. The zero-order valence-electron chi connectivity index (χ0n) is 15.6. The van der Waals surface area contributed by atoms with E-state index >= 15 is 0 Å². The van der Waals surface area contributed by atoms with E-state index in [-0.39, 0.29) is 15.9 Å². The predicted octanol–water partition coefficient (Wildman–Crippen LogP) is 4.12. The Bertz CT molecular complexity index is 866. The van der Waals surface area contributed by atoms with E-state index in [1.165, 1.54) is 42.5 Å². The van der Waals surface area contributed by atoms with Crippen molar-refractivity contribution < 1.29 is 13.2 Å². The number of nitrogens with one attached hydrogen (secondary N) is 3. The van der Waals surface area contributed by atoms with Crippen molar-refractivity contribution in [1.29, 1.82) is 0 Å². The molecule has 3 N–H and O–H groups in total. The number of carbonyl (C=O) groups excluding carboxylic acids is 1. The lowest BCUT2D eigenvalue weighted by Gasteiger charge is -2.10. The average Bonchev–Trinajstić information content (AvgIpc) is 3.14. The van der Waals surface area contributed by atoms with E-state index in [0.717, 1.165) is 19.3 Å². The topological polar surface area (TPSA) is 100 Å². The Labute approximate surface area is 175 Å². The first-order valence-corrected chi connectivity index (χ1v) is 11.8. The molecule has 28 heavy (non-hydrogen) atoms. The number of aromatic nitrogens is 1. The molecule has 0 aliphatic rings. The molecule has 1 amide bonds. The number of sulfonamides is 1. The molecular formula is C18H24N4O3S3. The molecule has 0 radical (unpaired) electrons. The Kier molecular flexibility index (Phi) is 8.81. The predicted molar refractivity (Wildman–Crippen MR) is 117 cm³/mol. The van der Waals surface area contributed by atoms with Gasteiger partial charge in [-0.05, 0) is 42.9 Å². The second-order valence-corrected chi connectivity index (χ2v) is 9.12. The monoisotopic (exact) mass is 440 g/mol. The fourth-order valence-corrected chi connectivity index (χ4v) is 4.43. The highest BCUT2D eigenvalue weighted by atomic mass is 32.2. The molecule has 1 aromatic heterocycles. The van der Waals surface area contributed by atoms with Crippen molar-refractivity contribution in [2.24, 2.45) is 0 Å². The summed E-state index contributed by atoms with van der Waals surface area (Å²) in [5.41, 5.74) is 0.585. The maximum atomic E-state index is 12.3. The van der Waals surface area contributed by atoms with Gasteiger partial charge in [-0.25, -0.2) is 13.4 Å². The first-order valence-electron chi connectivity index (χ1n) is 9.04. The number of nitrogens with zero attached hydrogens (tertiary/aromatic N) is 1. The SMILES string of the molecule is CCCCCCCC(=O)NC(=S)Nc1ccc(S(=O)(=O)Nc2nccs2)cc1. The third-order valence-electron chi connectivity index (χ3n) is 3.84. The molecule has 0 aliphatic heterocycles. The molecule has 0 saturated heterocycles. The average molecular weight is 441 g/mol.